The molecule has 0 fully saturated rings. The van der Waals surface area contributed by atoms with Gasteiger partial charge < -0.3 is 15.0 Å². The Kier molecular flexibility index (Phi) is 4.08. The Morgan fingerprint density at radius 1 is 1.19 bits per heavy atom. The van der Waals surface area contributed by atoms with Gasteiger partial charge in [-0.15, -0.1) is 0 Å². The molecule has 0 saturated heterocycles. The summed E-state index contributed by atoms with van der Waals surface area (Å²) in [6, 6.07) is 11.9. The van der Waals surface area contributed by atoms with E-state index in [4.69, 9.17) is 16.3 Å². The number of aromatic amines is 1. The topological polar surface area (TPSA) is 49.9 Å². The average molecular weight is 302 g/mol. The van der Waals surface area contributed by atoms with Crippen molar-refractivity contribution in [2.45, 2.75) is 13.1 Å². The van der Waals surface area contributed by atoms with Crippen molar-refractivity contribution in [2.75, 3.05) is 7.11 Å². The smallest absolute Gasteiger partial charge is 0.212 e. The van der Waals surface area contributed by atoms with E-state index in [0.717, 1.165) is 33.7 Å². The van der Waals surface area contributed by atoms with E-state index in [2.05, 4.69) is 15.3 Å². The number of aromatic nitrogens is 2. The highest BCUT2D eigenvalue weighted by Gasteiger charge is 2.08. The van der Waals surface area contributed by atoms with E-state index >= 15 is 0 Å². The van der Waals surface area contributed by atoms with Crippen molar-refractivity contribution in [3.05, 3.63) is 58.9 Å². The second kappa shape index (κ2) is 6.16. The zero-order valence-corrected chi connectivity index (χ0v) is 12.4. The first-order valence-corrected chi connectivity index (χ1v) is 7.10. The van der Waals surface area contributed by atoms with Crippen LogP contribution in [0.15, 0.2) is 42.6 Å². The molecule has 0 bridgehead atoms. The van der Waals surface area contributed by atoms with Gasteiger partial charge in [0, 0.05) is 41.9 Å². The van der Waals surface area contributed by atoms with Gasteiger partial charge in [0.05, 0.1) is 12.1 Å². The van der Waals surface area contributed by atoms with Crippen molar-refractivity contribution >= 4 is 22.5 Å². The van der Waals surface area contributed by atoms with Gasteiger partial charge >= 0.3 is 0 Å². The molecule has 0 saturated carbocycles. The zero-order chi connectivity index (χ0) is 14.7. The number of halogens is 1. The maximum Gasteiger partial charge on any atom is 0.212 e. The number of hydrogen-bond acceptors (Lipinski definition) is 3. The van der Waals surface area contributed by atoms with Gasteiger partial charge in [0.2, 0.25) is 5.88 Å². The van der Waals surface area contributed by atoms with Gasteiger partial charge in [0.25, 0.3) is 0 Å². The van der Waals surface area contributed by atoms with Crippen molar-refractivity contribution in [1.82, 2.24) is 15.3 Å². The molecule has 1 aromatic carbocycles. The molecule has 0 atom stereocenters. The molecule has 0 aliphatic carbocycles. The highest BCUT2D eigenvalue weighted by Crippen LogP contribution is 2.26. The van der Waals surface area contributed by atoms with Crippen LogP contribution in [0.3, 0.4) is 0 Å². The van der Waals surface area contributed by atoms with Gasteiger partial charge in [0.1, 0.15) is 0 Å². The lowest BCUT2D eigenvalue weighted by Crippen LogP contribution is -2.13. The Hall–Kier alpha value is -2.04. The summed E-state index contributed by atoms with van der Waals surface area (Å²) in [6.45, 7) is 1.40. The fourth-order valence-electron chi connectivity index (χ4n) is 2.25. The monoisotopic (exact) mass is 301 g/mol. The van der Waals surface area contributed by atoms with Crippen LogP contribution in [-0.2, 0) is 13.1 Å². The third-order valence-corrected chi connectivity index (χ3v) is 3.78. The highest BCUT2D eigenvalue weighted by molar-refractivity contribution is 6.36. The number of para-hydroxylation sites is 1. The minimum Gasteiger partial charge on any atom is -0.481 e. The van der Waals surface area contributed by atoms with Crippen LogP contribution < -0.4 is 10.1 Å². The minimum atomic E-state index is 0.623. The Morgan fingerprint density at radius 2 is 2.05 bits per heavy atom. The number of nitrogens with one attached hydrogen (secondary N) is 2. The van der Waals surface area contributed by atoms with Gasteiger partial charge in [-0.2, -0.15) is 0 Å². The van der Waals surface area contributed by atoms with Crippen molar-refractivity contribution in [1.29, 1.82) is 0 Å². The van der Waals surface area contributed by atoms with Gasteiger partial charge in [-0.1, -0.05) is 35.9 Å². The summed E-state index contributed by atoms with van der Waals surface area (Å²) >= 11 is 6.38. The fourth-order valence-corrected chi connectivity index (χ4v) is 2.53. The number of methoxy groups -OCH3 is 1. The number of rotatable bonds is 5. The molecule has 3 aromatic rings. The first-order chi connectivity index (χ1) is 10.3. The third kappa shape index (κ3) is 3.01. The first kappa shape index (κ1) is 13.9. The normalized spacial score (nSPS) is 11.0. The summed E-state index contributed by atoms with van der Waals surface area (Å²) < 4.78 is 5.04. The fraction of sp³-hybridized carbons (Fsp3) is 0.188. The lowest BCUT2D eigenvalue weighted by Gasteiger charge is -2.05. The second-order valence-corrected chi connectivity index (χ2v) is 5.15. The molecule has 4 nitrogen and oxygen atoms in total. The van der Waals surface area contributed by atoms with Crippen LogP contribution in [0.1, 0.15) is 11.3 Å². The molecule has 108 valence electrons. The Balaban J connectivity index is 1.64. The number of hydrogen-bond donors (Lipinski definition) is 2. The van der Waals surface area contributed by atoms with Crippen LogP contribution in [0.4, 0.5) is 0 Å². The minimum absolute atomic E-state index is 0.623. The molecular weight excluding hydrogens is 286 g/mol. The predicted molar refractivity (Wildman–Crippen MR) is 84.6 cm³/mol. The Bertz CT molecular complexity index is 737. The van der Waals surface area contributed by atoms with Crippen molar-refractivity contribution in [2.24, 2.45) is 0 Å². The molecule has 2 heterocycles. The number of nitrogens with zero attached hydrogens (tertiary/aromatic N) is 1. The summed E-state index contributed by atoms with van der Waals surface area (Å²) in [5, 5.41) is 5.20. The lowest BCUT2D eigenvalue weighted by atomic mass is 10.2. The van der Waals surface area contributed by atoms with Gasteiger partial charge in [-0.3, -0.25) is 0 Å². The summed E-state index contributed by atoms with van der Waals surface area (Å²) in [4.78, 5) is 7.52. The molecule has 0 radical (unpaired) electrons. The van der Waals surface area contributed by atoms with Gasteiger partial charge in [0.15, 0.2) is 0 Å². The van der Waals surface area contributed by atoms with Crippen LogP contribution in [0.5, 0.6) is 5.88 Å². The van der Waals surface area contributed by atoms with Crippen LogP contribution in [0.25, 0.3) is 10.9 Å². The van der Waals surface area contributed by atoms with E-state index in [1.54, 1.807) is 13.3 Å². The maximum absolute atomic E-state index is 6.38. The second-order valence-electron chi connectivity index (χ2n) is 4.78. The number of H-pyrrole nitrogens is 1. The number of fused-ring (bicyclic) bond motifs is 1. The maximum atomic E-state index is 6.38. The number of benzene rings is 1. The number of pyridine rings is 1. The van der Waals surface area contributed by atoms with Crippen molar-refractivity contribution in [3.8, 4) is 5.88 Å². The predicted octanol–water partition coefficient (Wildman–Crippen LogP) is 3.51. The number of ether oxygens (including phenoxy) is 1. The molecule has 0 amide bonds. The van der Waals surface area contributed by atoms with Crippen LogP contribution >= 0.6 is 11.6 Å². The quantitative estimate of drug-likeness (QED) is 0.758. The SMILES string of the molecule is COc1ccc(CNCc2[nH]c3ccccc3c2Cl)cn1. The van der Waals surface area contributed by atoms with E-state index in [-0.39, 0.29) is 0 Å². The molecule has 21 heavy (non-hydrogen) atoms. The summed E-state index contributed by atoms with van der Waals surface area (Å²) in [5.41, 5.74) is 3.16. The van der Waals surface area contributed by atoms with E-state index in [0.29, 0.717) is 12.4 Å². The van der Waals surface area contributed by atoms with Gasteiger partial charge in [-0.25, -0.2) is 4.98 Å². The molecular formula is C16H16ClN3O. The molecule has 2 N–H and O–H groups in total. The summed E-state index contributed by atoms with van der Waals surface area (Å²) in [6.07, 6.45) is 1.80. The van der Waals surface area contributed by atoms with Gasteiger partial charge in [-0.05, 0) is 11.6 Å². The average Bonchev–Trinajstić information content (AvgIpc) is 2.85. The first-order valence-electron chi connectivity index (χ1n) is 6.72. The summed E-state index contributed by atoms with van der Waals surface area (Å²) in [7, 11) is 1.61. The molecule has 0 spiro atoms. The van der Waals surface area contributed by atoms with E-state index < -0.39 is 0 Å². The third-order valence-electron chi connectivity index (χ3n) is 3.35. The molecule has 0 aliphatic heterocycles. The molecule has 2 aromatic heterocycles. The molecule has 0 aliphatic rings. The van der Waals surface area contributed by atoms with Crippen LogP contribution in [-0.4, -0.2) is 17.1 Å². The van der Waals surface area contributed by atoms with Crippen molar-refractivity contribution in [3.63, 3.8) is 0 Å². The van der Waals surface area contributed by atoms with E-state index in [1.165, 1.54) is 0 Å². The Morgan fingerprint density at radius 3 is 2.76 bits per heavy atom. The largest absolute Gasteiger partial charge is 0.481 e. The van der Waals surface area contributed by atoms with Crippen LogP contribution in [0, 0.1) is 0 Å². The molecule has 3 rings (SSSR count). The summed E-state index contributed by atoms with van der Waals surface area (Å²) in [5.74, 6) is 0.623. The van der Waals surface area contributed by atoms with Crippen molar-refractivity contribution < 1.29 is 4.74 Å². The van der Waals surface area contributed by atoms with E-state index in [1.807, 2.05) is 36.4 Å². The lowest BCUT2D eigenvalue weighted by molar-refractivity contribution is 0.397. The van der Waals surface area contributed by atoms with E-state index in [9.17, 15) is 0 Å². The molecule has 5 heteroatoms. The zero-order valence-electron chi connectivity index (χ0n) is 11.7. The highest BCUT2D eigenvalue weighted by atomic mass is 35.5. The Labute approximate surface area is 128 Å². The molecule has 0 unspecified atom stereocenters. The standard InChI is InChI=1S/C16H16ClN3O/c1-21-15-7-6-11(9-19-15)8-18-10-14-16(17)12-4-2-3-5-13(12)20-14/h2-7,9,18,20H,8,10H2,1H3. The van der Waals surface area contributed by atoms with Crippen LogP contribution in [0.2, 0.25) is 5.02 Å².